The van der Waals surface area contributed by atoms with Gasteiger partial charge in [0.05, 0.1) is 10.2 Å². The molecular weight excluding hydrogens is 297 g/mol. The van der Waals surface area contributed by atoms with Gasteiger partial charge in [-0.25, -0.2) is 4.39 Å². The lowest BCUT2D eigenvalue weighted by Crippen LogP contribution is -2.12. The van der Waals surface area contributed by atoms with Crippen LogP contribution in [0.4, 0.5) is 4.39 Å². The van der Waals surface area contributed by atoms with Crippen molar-refractivity contribution in [2.24, 2.45) is 7.05 Å². The predicted molar refractivity (Wildman–Crippen MR) is 73.9 cm³/mol. The van der Waals surface area contributed by atoms with Crippen LogP contribution in [0.1, 0.15) is 5.69 Å². The Hall–Kier alpha value is -1.20. The van der Waals surface area contributed by atoms with Gasteiger partial charge >= 0.3 is 0 Å². The van der Waals surface area contributed by atoms with Gasteiger partial charge in [0.15, 0.2) is 0 Å². The summed E-state index contributed by atoms with van der Waals surface area (Å²) in [5.74, 6) is -0.235. The van der Waals surface area contributed by atoms with Crippen molar-refractivity contribution in [3.63, 3.8) is 0 Å². The van der Waals surface area contributed by atoms with E-state index < -0.39 is 0 Å². The minimum absolute atomic E-state index is 0.235. The average Bonchev–Trinajstić information content (AvgIpc) is 2.64. The van der Waals surface area contributed by atoms with E-state index in [-0.39, 0.29) is 5.82 Å². The fraction of sp³-hybridized carbons (Fsp3) is 0.308. The number of nitrogens with zero attached hydrogens (tertiary/aromatic N) is 2. The van der Waals surface area contributed by atoms with Gasteiger partial charge in [-0.15, -0.1) is 0 Å². The minimum atomic E-state index is -0.235. The topological polar surface area (TPSA) is 29.9 Å². The molecule has 0 saturated heterocycles. The third-order valence-corrected chi connectivity index (χ3v) is 3.66. The SMILES string of the molecule is CNCCc1c(Br)c(-c2ccc(F)cc2)nn1C. The first-order valence-corrected chi connectivity index (χ1v) is 6.54. The Kier molecular flexibility index (Phi) is 4.14. The molecule has 2 aromatic rings. The number of hydrogen-bond acceptors (Lipinski definition) is 2. The highest BCUT2D eigenvalue weighted by Crippen LogP contribution is 2.30. The van der Waals surface area contributed by atoms with Crippen molar-refractivity contribution in [2.75, 3.05) is 13.6 Å². The Morgan fingerprint density at radius 3 is 2.61 bits per heavy atom. The lowest BCUT2D eigenvalue weighted by molar-refractivity contribution is 0.628. The van der Waals surface area contributed by atoms with Crippen molar-refractivity contribution in [3.05, 3.63) is 40.2 Å². The summed E-state index contributed by atoms with van der Waals surface area (Å²) in [5.41, 5.74) is 2.89. The molecule has 1 aromatic carbocycles. The highest BCUT2D eigenvalue weighted by Gasteiger charge is 2.14. The third-order valence-electron chi connectivity index (χ3n) is 2.83. The van der Waals surface area contributed by atoms with Crippen LogP contribution in [0.15, 0.2) is 28.7 Å². The summed E-state index contributed by atoms with van der Waals surface area (Å²) in [6.07, 6.45) is 0.891. The first-order chi connectivity index (χ1) is 8.63. The van der Waals surface area contributed by atoms with Crippen molar-refractivity contribution in [1.82, 2.24) is 15.1 Å². The molecule has 0 fully saturated rings. The summed E-state index contributed by atoms with van der Waals surface area (Å²) in [6, 6.07) is 6.38. The monoisotopic (exact) mass is 311 g/mol. The Bertz CT molecular complexity index is 534. The van der Waals surface area contributed by atoms with Gasteiger partial charge in [-0.1, -0.05) is 0 Å². The molecule has 0 atom stereocenters. The number of halogens is 2. The summed E-state index contributed by atoms with van der Waals surface area (Å²) in [5, 5.41) is 7.60. The van der Waals surface area contributed by atoms with Crippen LogP contribution in [0.3, 0.4) is 0 Å². The third kappa shape index (κ3) is 2.62. The molecule has 0 spiro atoms. The number of benzene rings is 1. The lowest BCUT2D eigenvalue weighted by atomic mass is 10.1. The molecule has 0 aliphatic carbocycles. The number of rotatable bonds is 4. The summed E-state index contributed by atoms with van der Waals surface area (Å²) >= 11 is 3.58. The van der Waals surface area contributed by atoms with Crippen molar-refractivity contribution >= 4 is 15.9 Å². The Morgan fingerprint density at radius 2 is 2.00 bits per heavy atom. The number of nitrogens with one attached hydrogen (secondary N) is 1. The fourth-order valence-corrected chi connectivity index (χ4v) is 2.60. The smallest absolute Gasteiger partial charge is 0.123 e. The lowest BCUT2D eigenvalue weighted by Gasteiger charge is -2.01. The van der Waals surface area contributed by atoms with E-state index in [1.54, 1.807) is 12.1 Å². The molecule has 0 unspecified atom stereocenters. The molecule has 0 aliphatic rings. The standard InChI is InChI=1S/C13H15BrFN3/c1-16-8-7-11-12(14)13(17-18(11)2)9-3-5-10(15)6-4-9/h3-6,16H,7-8H2,1-2H3. The Morgan fingerprint density at radius 1 is 1.33 bits per heavy atom. The Labute approximate surface area is 114 Å². The summed E-state index contributed by atoms with van der Waals surface area (Å²) in [6.45, 7) is 0.890. The summed E-state index contributed by atoms with van der Waals surface area (Å²) in [4.78, 5) is 0. The van der Waals surface area contributed by atoms with E-state index in [1.807, 2.05) is 18.8 Å². The van der Waals surface area contributed by atoms with Crippen LogP contribution in [-0.4, -0.2) is 23.4 Å². The van der Waals surface area contributed by atoms with Gasteiger partial charge in [0.25, 0.3) is 0 Å². The average molecular weight is 312 g/mol. The van der Waals surface area contributed by atoms with Crippen LogP contribution in [0, 0.1) is 5.82 Å². The quantitative estimate of drug-likeness (QED) is 0.941. The van der Waals surface area contributed by atoms with Gasteiger partial charge in [0.2, 0.25) is 0 Å². The van der Waals surface area contributed by atoms with Gasteiger partial charge in [0.1, 0.15) is 11.5 Å². The highest BCUT2D eigenvalue weighted by atomic mass is 79.9. The molecule has 0 aliphatic heterocycles. The normalized spacial score (nSPS) is 10.9. The molecule has 0 amide bonds. The van der Waals surface area contributed by atoms with E-state index in [2.05, 4.69) is 26.3 Å². The van der Waals surface area contributed by atoms with E-state index in [0.29, 0.717) is 0 Å². The van der Waals surface area contributed by atoms with E-state index >= 15 is 0 Å². The second-order valence-electron chi connectivity index (χ2n) is 4.09. The van der Waals surface area contributed by atoms with Gasteiger partial charge in [-0.2, -0.15) is 5.10 Å². The number of aryl methyl sites for hydroxylation is 1. The predicted octanol–water partition coefficient (Wildman–Crippen LogP) is 2.75. The van der Waals surface area contributed by atoms with Crippen LogP contribution in [0.2, 0.25) is 0 Å². The molecule has 18 heavy (non-hydrogen) atoms. The van der Waals surface area contributed by atoms with Crippen LogP contribution in [0.5, 0.6) is 0 Å². The maximum absolute atomic E-state index is 12.9. The van der Waals surface area contributed by atoms with Crippen molar-refractivity contribution in [1.29, 1.82) is 0 Å². The second kappa shape index (κ2) is 5.63. The molecule has 1 aromatic heterocycles. The molecule has 5 heteroatoms. The second-order valence-corrected chi connectivity index (χ2v) is 4.89. The summed E-state index contributed by atoms with van der Waals surface area (Å²) in [7, 11) is 3.84. The largest absolute Gasteiger partial charge is 0.319 e. The molecule has 1 N–H and O–H groups in total. The van der Waals surface area contributed by atoms with Crippen LogP contribution < -0.4 is 5.32 Å². The van der Waals surface area contributed by atoms with Gasteiger partial charge in [0, 0.05) is 25.6 Å². The molecule has 2 rings (SSSR count). The maximum atomic E-state index is 12.9. The summed E-state index contributed by atoms with van der Waals surface area (Å²) < 4.78 is 15.7. The van der Waals surface area contributed by atoms with Crippen molar-refractivity contribution in [2.45, 2.75) is 6.42 Å². The number of likely N-dealkylation sites (N-methyl/N-ethyl adjacent to an activating group) is 1. The molecule has 0 bridgehead atoms. The van der Waals surface area contributed by atoms with Crippen molar-refractivity contribution in [3.8, 4) is 11.3 Å². The molecule has 0 radical (unpaired) electrons. The molecular formula is C13H15BrFN3. The molecule has 0 saturated carbocycles. The molecule has 96 valence electrons. The van der Waals surface area contributed by atoms with E-state index in [9.17, 15) is 4.39 Å². The maximum Gasteiger partial charge on any atom is 0.123 e. The first kappa shape index (κ1) is 13.2. The molecule has 3 nitrogen and oxygen atoms in total. The zero-order chi connectivity index (χ0) is 13.1. The van der Waals surface area contributed by atoms with Crippen LogP contribution >= 0.6 is 15.9 Å². The van der Waals surface area contributed by atoms with Gasteiger partial charge in [-0.05, 0) is 47.2 Å². The van der Waals surface area contributed by atoms with E-state index in [1.165, 1.54) is 12.1 Å². The number of aromatic nitrogens is 2. The van der Waals surface area contributed by atoms with Crippen LogP contribution in [0.25, 0.3) is 11.3 Å². The Balaban J connectivity index is 2.37. The zero-order valence-electron chi connectivity index (χ0n) is 10.4. The van der Waals surface area contributed by atoms with E-state index in [4.69, 9.17) is 0 Å². The van der Waals surface area contributed by atoms with Crippen LogP contribution in [-0.2, 0) is 13.5 Å². The fourth-order valence-electron chi connectivity index (χ4n) is 1.84. The zero-order valence-corrected chi connectivity index (χ0v) is 12.0. The molecule has 1 heterocycles. The van der Waals surface area contributed by atoms with E-state index in [0.717, 1.165) is 34.4 Å². The highest BCUT2D eigenvalue weighted by molar-refractivity contribution is 9.10. The van der Waals surface area contributed by atoms with Gasteiger partial charge < -0.3 is 5.32 Å². The number of hydrogen-bond donors (Lipinski definition) is 1. The first-order valence-electron chi connectivity index (χ1n) is 5.75. The van der Waals surface area contributed by atoms with Gasteiger partial charge in [-0.3, -0.25) is 4.68 Å². The minimum Gasteiger partial charge on any atom is -0.319 e. The van der Waals surface area contributed by atoms with Crippen molar-refractivity contribution < 1.29 is 4.39 Å².